The average molecular weight is 478 g/mol. The van der Waals surface area contributed by atoms with Gasteiger partial charge in [0.25, 0.3) is 5.91 Å². The van der Waals surface area contributed by atoms with Gasteiger partial charge in [-0.15, -0.1) is 0 Å². The molecular weight excluding hydrogens is 446 g/mol. The maximum Gasteiger partial charge on any atom is 0.255 e. The van der Waals surface area contributed by atoms with Gasteiger partial charge in [-0.05, 0) is 59.4 Å². The molecule has 0 spiro atoms. The van der Waals surface area contributed by atoms with Crippen LogP contribution in [0.4, 0.5) is 5.69 Å². The zero-order valence-corrected chi connectivity index (χ0v) is 21.1. The highest BCUT2D eigenvalue weighted by atomic mass is 16.4. The zero-order valence-electron chi connectivity index (χ0n) is 21.1. The summed E-state index contributed by atoms with van der Waals surface area (Å²) in [5.41, 5.74) is 5.97. The van der Waals surface area contributed by atoms with E-state index in [1.165, 1.54) is 11.1 Å². The third-order valence-corrected chi connectivity index (χ3v) is 5.85. The van der Waals surface area contributed by atoms with Gasteiger partial charge in [0.1, 0.15) is 5.52 Å². The molecule has 5 heteroatoms. The number of carbonyl (C=O) groups is 1. The van der Waals surface area contributed by atoms with E-state index in [0.717, 1.165) is 0 Å². The molecule has 0 saturated heterocycles. The molecule has 2 heterocycles. The normalized spacial score (nSPS) is 10.8. The first-order valence-corrected chi connectivity index (χ1v) is 12.2. The standard InChI is InChI=1S/C19H13N3O2.C12H18/c23-17(13-7-2-1-3-8-13)21-15-10-5-4-9-14(15)18-22-16-11-6-12-20-19(16)24-18;1-9(2)11-6-5-7-12(8-11)10(3)4/h1-12H,(H,21,23);5-10H,1-4H3. The van der Waals surface area contributed by atoms with E-state index in [1.54, 1.807) is 24.4 Å². The number of para-hydroxylation sites is 1. The van der Waals surface area contributed by atoms with Crippen molar-refractivity contribution in [3.63, 3.8) is 0 Å². The molecule has 0 aliphatic carbocycles. The molecule has 5 nitrogen and oxygen atoms in total. The lowest BCUT2D eigenvalue weighted by molar-refractivity contribution is 0.102. The topological polar surface area (TPSA) is 68.0 Å². The smallest absolute Gasteiger partial charge is 0.255 e. The number of hydrogen-bond acceptors (Lipinski definition) is 4. The largest absolute Gasteiger partial charge is 0.418 e. The van der Waals surface area contributed by atoms with Crippen LogP contribution < -0.4 is 5.32 Å². The number of anilines is 1. The highest BCUT2D eigenvalue weighted by Gasteiger charge is 2.15. The number of rotatable bonds is 5. The lowest BCUT2D eigenvalue weighted by Crippen LogP contribution is -2.12. The maximum atomic E-state index is 12.4. The van der Waals surface area contributed by atoms with Gasteiger partial charge in [-0.3, -0.25) is 4.79 Å². The van der Waals surface area contributed by atoms with Crippen LogP contribution in [0.5, 0.6) is 0 Å². The SMILES string of the molecule is CC(C)c1cccc(C(C)C)c1.O=C(Nc1ccccc1-c1nc2cccnc2o1)c1ccccc1. The van der Waals surface area contributed by atoms with Gasteiger partial charge in [0.05, 0.1) is 11.3 Å². The van der Waals surface area contributed by atoms with Gasteiger partial charge >= 0.3 is 0 Å². The molecule has 1 N–H and O–H groups in total. The number of carbonyl (C=O) groups excluding carboxylic acids is 1. The second kappa shape index (κ2) is 11.5. The Morgan fingerprint density at radius 2 is 1.44 bits per heavy atom. The van der Waals surface area contributed by atoms with E-state index in [9.17, 15) is 4.79 Å². The van der Waals surface area contributed by atoms with Gasteiger partial charge in [0.2, 0.25) is 11.6 Å². The lowest BCUT2D eigenvalue weighted by atomic mass is 9.96. The Hall–Kier alpha value is -4.25. The maximum absolute atomic E-state index is 12.4. The summed E-state index contributed by atoms with van der Waals surface area (Å²) in [6, 6.07) is 29.0. The van der Waals surface area contributed by atoms with Crippen molar-refractivity contribution in [2.24, 2.45) is 0 Å². The van der Waals surface area contributed by atoms with E-state index in [1.807, 2.05) is 48.5 Å². The molecule has 0 atom stereocenters. The first-order chi connectivity index (χ1) is 17.4. The molecule has 36 heavy (non-hydrogen) atoms. The number of nitrogens with one attached hydrogen (secondary N) is 1. The van der Waals surface area contributed by atoms with Crippen LogP contribution in [-0.4, -0.2) is 15.9 Å². The molecule has 5 rings (SSSR count). The van der Waals surface area contributed by atoms with E-state index < -0.39 is 0 Å². The van der Waals surface area contributed by atoms with Crippen LogP contribution in [0.3, 0.4) is 0 Å². The highest BCUT2D eigenvalue weighted by Crippen LogP contribution is 2.29. The van der Waals surface area contributed by atoms with Crippen LogP contribution in [0.2, 0.25) is 0 Å². The Bertz CT molecular complexity index is 1380. The minimum atomic E-state index is -0.183. The Morgan fingerprint density at radius 3 is 2.11 bits per heavy atom. The lowest BCUT2D eigenvalue weighted by Gasteiger charge is -2.09. The fraction of sp³-hybridized carbons (Fsp3) is 0.194. The van der Waals surface area contributed by atoms with Crippen LogP contribution in [0.1, 0.15) is 61.0 Å². The summed E-state index contributed by atoms with van der Waals surface area (Å²) < 4.78 is 5.71. The molecule has 2 aromatic heterocycles. The van der Waals surface area contributed by atoms with Crippen LogP contribution in [-0.2, 0) is 0 Å². The fourth-order valence-electron chi connectivity index (χ4n) is 3.72. The van der Waals surface area contributed by atoms with Crippen molar-refractivity contribution in [2.75, 3.05) is 5.32 Å². The quantitative estimate of drug-likeness (QED) is 0.278. The molecule has 1 amide bonds. The fourth-order valence-corrected chi connectivity index (χ4v) is 3.72. The molecule has 182 valence electrons. The minimum absolute atomic E-state index is 0.183. The van der Waals surface area contributed by atoms with Gasteiger partial charge in [-0.2, -0.15) is 0 Å². The van der Waals surface area contributed by atoms with Crippen molar-refractivity contribution in [1.29, 1.82) is 0 Å². The number of benzene rings is 3. The Balaban J connectivity index is 0.000000214. The van der Waals surface area contributed by atoms with Crippen molar-refractivity contribution in [2.45, 2.75) is 39.5 Å². The molecule has 3 aromatic carbocycles. The van der Waals surface area contributed by atoms with E-state index in [0.29, 0.717) is 45.8 Å². The molecule has 0 unspecified atom stereocenters. The van der Waals surface area contributed by atoms with Crippen molar-refractivity contribution >= 4 is 22.8 Å². The predicted molar refractivity (Wildman–Crippen MR) is 146 cm³/mol. The molecule has 0 fully saturated rings. The third-order valence-electron chi connectivity index (χ3n) is 5.85. The van der Waals surface area contributed by atoms with Gasteiger partial charge in [0, 0.05) is 11.8 Å². The van der Waals surface area contributed by atoms with Crippen LogP contribution in [0, 0.1) is 0 Å². The molecule has 0 aliphatic rings. The Kier molecular flexibility index (Phi) is 7.91. The summed E-state index contributed by atoms with van der Waals surface area (Å²) in [6.45, 7) is 8.94. The van der Waals surface area contributed by atoms with Crippen LogP contribution in [0.15, 0.2) is 102 Å². The number of oxazole rings is 1. The van der Waals surface area contributed by atoms with E-state index in [2.05, 4.69) is 67.2 Å². The number of fused-ring (bicyclic) bond motifs is 1. The summed E-state index contributed by atoms with van der Waals surface area (Å²) in [5, 5.41) is 2.91. The van der Waals surface area contributed by atoms with Crippen LogP contribution >= 0.6 is 0 Å². The van der Waals surface area contributed by atoms with Crippen molar-refractivity contribution in [3.8, 4) is 11.5 Å². The molecule has 5 aromatic rings. The second-order valence-electron chi connectivity index (χ2n) is 9.19. The Labute approximate surface area is 212 Å². The predicted octanol–water partition coefficient (Wildman–Crippen LogP) is 8.08. The summed E-state index contributed by atoms with van der Waals surface area (Å²) in [6.07, 6.45) is 1.65. The number of aromatic nitrogens is 2. The van der Waals surface area contributed by atoms with Gasteiger partial charge in [0.15, 0.2) is 0 Å². The number of pyridine rings is 1. The average Bonchev–Trinajstić information content (AvgIpc) is 3.34. The first kappa shape index (κ1) is 24.9. The van der Waals surface area contributed by atoms with E-state index in [-0.39, 0.29) is 5.91 Å². The number of hydrogen-bond donors (Lipinski definition) is 1. The van der Waals surface area contributed by atoms with E-state index in [4.69, 9.17) is 4.42 Å². The van der Waals surface area contributed by atoms with Crippen LogP contribution in [0.25, 0.3) is 22.7 Å². The zero-order chi connectivity index (χ0) is 25.5. The number of amides is 1. The monoisotopic (exact) mass is 477 g/mol. The van der Waals surface area contributed by atoms with Crippen molar-refractivity contribution < 1.29 is 9.21 Å². The van der Waals surface area contributed by atoms with Gasteiger partial charge < -0.3 is 9.73 Å². The number of nitrogens with zero attached hydrogens (tertiary/aromatic N) is 2. The first-order valence-electron chi connectivity index (χ1n) is 12.2. The summed E-state index contributed by atoms with van der Waals surface area (Å²) >= 11 is 0. The van der Waals surface area contributed by atoms with Gasteiger partial charge in [-0.25, -0.2) is 9.97 Å². The second-order valence-corrected chi connectivity index (χ2v) is 9.19. The minimum Gasteiger partial charge on any atom is -0.418 e. The molecule has 0 radical (unpaired) electrons. The molecule has 0 bridgehead atoms. The van der Waals surface area contributed by atoms with Crippen molar-refractivity contribution in [1.82, 2.24) is 9.97 Å². The summed E-state index contributed by atoms with van der Waals surface area (Å²) in [7, 11) is 0. The van der Waals surface area contributed by atoms with Crippen molar-refractivity contribution in [3.05, 3.63) is 114 Å². The Morgan fingerprint density at radius 1 is 0.778 bits per heavy atom. The van der Waals surface area contributed by atoms with E-state index >= 15 is 0 Å². The summed E-state index contributed by atoms with van der Waals surface area (Å²) in [4.78, 5) is 21.0. The molecular formula is C31H31N3O2. The van der Waals surface area contributed by atoms with Gasteiger partial charge in [-0.1, -0.05) is 82.3 Å². The molecule has 0 aliphatic heterocycles. The summed E-state index contributed by atoms with van der Waals surface area (Å²) in [5.74, 6) is 1.53. The third kappa shape index (κ3) is 6.05. The highest BCUT2D eigenvalue weighted by molar-refractivity contribution is 6.06. The molecule has 0 saturated carbocycles.